The molecule has 1 N–H and O–H groups in total. The first-order valence-electron chi connectivity index (χ1n) is 5.64. The van der Waals surface area contributed by atoms with E-state index in [1.54, 1.807) is 30.3 Å². The Morgan fingerprint density at radius 1 is 1.30 bits per heavy atom. The topological polar surface area (TPSA) is 29.1 Å². The lowest BCUT2D eigenvalue weighted by molar-refractivity contribution is 0.0949. The molecule has 2 rings (SSSR count). The fourth-order valence-corrected chi connectivity index (χ4v) is 2.78. The first-order valence-corrected chi connectivity index (χ1v) is 7.89. The second kappa shape index (κ2) is 6.87. The summed E-state index contributed by atoms with van der Waals surface area (Å²) < 4.78 is 15.1. The van der Waals surface area contributed by atoms with Crippen LogP contribution in [0.5, 0.6) is 0 Å². The van der Waals surface area contributed by atoms with E-state index in [1.165, 1.54) is 6.07 Å². The highest BCUT2D eigenvalue weighted by molar-refractivity contribution is 14.1. The molecule has 2 aromatic rings. The number of carbonyl (C=O) groups is 1. The molecule has 2 nitrogen and oxygen atoms in total. The van der Waals surface area contributed by atoms with Crippen LogP contribution in [0.2, 0.25) is 5.02 Å². The third kappa shape index (κ3) is 3.93. The third-order valence-electron chi connectivity index (χ3n) is 2.62. The van der Waals surface area contributed by atoms with Crippen LogP contribution in [0, 0.1) is 9.39 Å². The van der Waals surface area contributed by atoms with Crippen molar-refractivity contribution in [3.63, 3.8) is 0 Å². The molecule has 104 valence electrons. The molecule has 0 aliphatic rings. The van der Waals surface area contributed by atoms with E-state index in [1.807, 2.05) is 0 Å². The molecule has 0 radical (unpaired) electrons. The summed E-state index contributed by atoms with van der Waals surface area (Å²) in [5, 5.41) is 3.18. The van der Waals surface area contributed by atoms with E-state index in [9.17, 15) is 9.18 Å². The van der Waals surface area contributed by atoms with Crippen LogP contribution in [0.3, 0.4) is 0 Å². The highest BCUT2D eigenvalue weighted by Crippen LogP contribution is 2.19. The van der Waals surface area contributed by atoms with Crippen LogP contribution < -0.4 is 5.32 Å². The van der Waals surface area contributed by atoms with Crippen LogP contribution in [0.25, 0.3) is 0 Å². The molecule has 0 aliphatic carbocycles. The van der Waals surface area contributed by atoms with Gasteiger partial charge >= 0.3 is 0 Å². The Morgan fingerprint density at radius 3 is 2.80 bits per heavy atom. The zero-order valence-electron chi connectivity index (χ0n) is 10.1. The average molecular weight is 468 g/mol. The van der Waals surface area contributed by atoms with Gasteiger partial charge in [-0.05, 0) is 59.0 Å². The summed E-state index contributed by atoms with van der Waals surface area (Å²) in [5.41, 5.74) is 0.901. The molecule has 1 amide bonds. The molecule has 2 aromatic carbocycles. The molecule has 0 aliphatic heterocycles. The number of hydrogen-bond donors (Lipinski definition) is 1. The van der Waals surface area contributed by atoms with Gasteiger partial charge < -0.3 is 5.32 Å². The van der Waals surface area contributed by atoms with Crippen LogP contribution in [0.15, 0.2) is 40.9 Å². The normalized spacial score (nSPS) is 10.4. The number of rotatable bonds is 3. The van der Waals surface area contributed by atoms with Gasteiger partial charge in [0.2, 0.25) is 0 Å². The van der Waals surface area contributed by atoms with E-state index < -0.39 is 0 Å². The van der Waals surface area contributed by atoms with Crippen molar-refractivity contribution in [1.29, 1.82) is 0 Å². The van der Waals surface area contributed by atoms with Gasteiger partial charge in [-0.2, -0.15) is 0 Å². The van der Waals surface area contributed by atoms with E-state index in [0.29, 0.717) is 16.1 Å². The van der Waals surface area contributed by atoms with Gasteiger partial charge in [0.1, 0.15) is 5.82 Å². The van der Waals surface area contributed by atoms with Crippen molar-refractivity contribution < 1.29 is 9.18 Å². The first kappa shape index (κ1) is 15.7. The van der Waals surface area contributed by atoms with Crippen molar-refractivity contribution in [2.45, 2.75) is 6.54 Å². The Hall–Kier alpha value is -0.660. The summed E-state index contributed by atoms with van der Waals surface area (Å²) in [6, 6.07) is 9.68. The van der Waals surface area contributed by atoms with Gasteiger partial charge in [-0.3, -0.25) is 4.79 Å². The lowest BCUT2D eigenvalue weighted by atomic mass is 10.2. The maximum atomic E-state index is 13.6. The standard InChI is InChI=1S/C14H9BrClFINO/c15-9-1-3-12(17)8(5-9)7-19-14(20)11-6-10(16)2-4-13(11)18/h1-6H,7H2,(H,19,20). The summed E-state index contributed by atoms with van der Waals surface area (Å²) >= 11 is 11.2. The number of halogens is 4. The quantitative estimate of drug-likeness (QED) is 0.646. The highest BCUT2D eigenvalue weighted by atomic mass is 127. The molecule has 0 aromatic heterocycles. The summed E-state index contributed by atoms with van der Waals surface area (Å²) in [6.07, 6.45) is 0. The Morgan fingerprint density at radius 2 is 2.05 bits per heavy atom. The Bertz CT molecular complexity index is 666. The van der Waals surface area contributed by atoms with E-state index in [-0.39, 0.29) is 18.3 Å². The van der Waals surface area contributed by atoms with Crippen molar-refractivity contribution in [3.05, 3.63) is 66.4 Å². The average Bonchev–Trinajstić information content (AvgIpc) is 2.42. The maximum absolute atomic E-state index is 13.6. The highest BCUT2D eigenvalue weighted by Gasteiger charge is 2.11. The molecule has 0 saturated heterocycles. The van der Waals surface area contributed by atoms with Crippen molar-refractivity contribution in [2.75, 3.05) is 0 Å². The Balaban J connectivity index is 2.12. The minimum atomic E-state index is -0.353. The van der Waals surface area contributed by atoms with E-state index in [4.69, 9.17) is 11.6 Å². The smallest absolute Gasteiger partial charge is 0.252 e. The number of hydrogen-bond acceptors (Lipinski definition) is 1. The molecular weight excluding hydrogens is 459 g/mol. The first-order chi connectivity index (χ1) is 9.47. The lowest BCUT2D eigenvalue weighted by Gasteiger charge is -2.08. The van der Waals surface area contributed by atoms with Gasteiger partial charge in [0.25, 0.3) is 5.91 Å². The predicted molar refractivity (Wildman–Crippen MR) is 89.4 cm³/mol. The van der Waals surface area contributed by atoms with E-state index >= 15 is 0 Å². The zero-order valence-corrected chi connectivity index (χ0v) is 14.6. The molecule has 0 fully saturated rings. The second-order valence-corrected chi connectivity index (χ2v) is 6.56. The number of carbonyl (C=O) groups excluding carboxylic acids is 1. The van der Waals surface area contributed by atoms with Gasteiger partial charge in [-0.25, -0.2) is 4.39 Å². The number of amides is 1. The number of benzene rings is 2. The van der Waals surface area contributed by atoms with Crippen molar-refractivity contribution in [2.24, 2.45) is 0 Å². The molecule has 0 saturated carbocycles. The van der Waals surface area contributed by atoms with Crippen LogP contribution in [-0.4, -0.2) is 5.91 Å². The van der Waals surface area contributed by atoms with Gasteiger partial charge in [-0.1, -0.05) is 27.5 Å². The summed E-state index contributed by atoms with van der Waals surface area (Å²) in [7, 11) is 0. The van der Waals surface area contributed by atoms with Crippen molar-refractivity contribution >= 4 is 56.0 Å². The van der Waals surface area contributed by atoms with Crippen LogP contribution in [0.1, 0.15) is 15.9 Å². The molecular formula is C14H9BrClFINO. The molecule has 0 heterocycles. The van der Waals surface area contributed by atoms with Gasteiger partial charge in [0.15, 0.2) is 0 Å². The van der Waals surface area contributed by atoms with Crippen LogP contribution in [-0.2, 0) is 6.54 Å². The Kier molecular flexibility index (Phi) is 5.40. The summed E-state index contributed by atoms with van der Waals surface area (Å²) in [5.74, 6) is -0.634. The second-order valence-electron chi connectivity index (χ2n) is 4.04. The fraction of sp³-hybridized carbons (Fsp3) is 0.0714. The van der Waals surface area contributed by atoms with Gasteiger partial charge in [-0.15, -0.1) is 0 Å². The molecule has 0 unspecified atom stereocenters. The minimum absolute atomic E-state index is 0.118. The summed E-state index contributed by atoms with van der Waals surface area (Å²) in [4.78, 5) is 12.1. The van der Waals surface area contributed by atoms with Crippen molar-refractivity contribution in [3.8, 4) is 0 Å². The van der Waals surface area contributed by atoms with E-state index in [0.717, 1.165) is 8.04 Å². The summed E-state index contributed by atoms with van der Waals surface area (Å²) in [6.45, 7) is 0.118. The SMILES string of the molecule is O=C(NCc1cc(Br)ccc1F)c1cc(Cl)ccc1I. The lowest BCUT2D eigenvalue weighted by Crippen LogP contribution is -2.24. The van der Waals surface area contributed by atoms with Crippen LogP contribution in [0.4, 0.5) is 4.39 Å². The third-order valence-corrected chi connectivity index (χ3v) is 4.29. The predicted octanol–water partition coefficient (Wildman–Crippen LogP) is 4.78. The molecule has 0 spiro atoms. The number of nitrogens with one attached hydrogen (secondary N) is 1. The molecule has 0 atom stereocenters. The molecule has 20 heavy (non-hydrogen) atoms. The fourth-order valence-electron chi connectivity index (χ4n) is 1.62. The van der Waals surface area contributed by atoms with Gasteiger partial charge in [0, 0.05) is 25.2 Å². The Labute approximate surface area is 143 Å². The monoisotopic (exact) mass is 467 g/mol. The molecule has 6 heteroatoms. The zero-order chi connectivity index (χ0) is 14.7. The van der Waals surface area contributed by atoms with Crippen molar-refractivity contribution in [1.82, 2.24) is 5.32 Å². The van der Waals surface area contributed by atoms with Crippen LogP contribution >= 0.6 is 50.1 Å². The largest absolute Gasteiger partial charge is 0.348 e. The van der Waals surface area contributed by atoms with Gasteiger partial charge in [0.05, 0.1) is 5.56 Å². The van der Waals surface area contributed by atoms with E-state index in [2.05, 4.69) is 43.8 Å². The molecule has 0 bridgehead atoms. The minimum Gasteiger partial charge on any atom is -0.348 e. The maximum Gasteiger partial charge on any atom is 0.252 e.